The minimum Gasteiger partial charge on any atom is -0.315 e. The molecular formula is C15H14N4O4S. The molecule has 0 aliphatic carbocycles. The van der Waals surface area contributed by atoms with Gasteiger partial charge in [0.1, 0.15) is 6.33 Å². The molecule has 0 bridgehead atoms. The maximum absolute atomic E-state index is 12.5. The summed E-state index contributed by atoms with van der Waals surface area (Å²) in [5.74, 6) is -0.550. The van der Waals surface area contributed by atoms with E-state index in [1.165, 1.54) is 30.5 Å². The number of carbonyl (C=O) groups excluding carboxylic acids is 3. The van der Waals surface area contributed by atoms with E-state index in [0.717, 1.165) is 14.7 Å². The Morgan fingerprint density at radius 1 is 1.25 bits per heavy atom. The third kappa shape index (κ3) is 2.85. The normalized spacial score (nSPS) is 13.1. The van der Waals surface area contributed by atoms with E-state index in [-0.39, 0.29) is 17.7 Å². The van der Waals surface area contributed by atoms with Gasteiger partial charge >= 0.3 is 6.09 Å². The first-order valence-corrected chi connectivity index (χ1v) is 8.47. The first kappa shape index (κ1) is 16.1. The molecule has 3 amide bonds. The lowest BCUT2D eigenvalue weighted by atomic mass is 10.1. The maximum Gasteiger partial charge on any atom is 0.454 e. The number of nitrogens with zero attached hydrogens (tertiary/aromatic N) is 4. The van der Waals surface area contributed by atoms with Crippen LogP contribution in [0.4, 0.5) is 4.79 Å². The number of hydrogen-bond acceptors (Lipinski definition) is 6. The molecule has 1 aromatic heterocycles. The lowest BCUT2D eigenvalue weighted by Gasteiger charge is -2.28. The van der Waals surface area contributed by atoms with Gasteiger partial charge in [-0.2, -0.15) is 21.5 Å². The lowest BCUT2D eigenvalue weighted by Crippen LogP contribution is -2.52. The molecule has 0 N–H and O–H groups in total. The van der Waals surface area contributed by atoms with Crippen molar-refractivity contribution in [2.24, 2.45) is 0 Å². The standard InChI is InChI=1S/C15H14N4O4S/c1-24-9-8-18(15(22)23-17-7-6-16-10-17)19-13(20)11-4-2-3-5-12(11)14(19)21/h2-7,10H,8-9H2,1H3. The van der Waals surface area contributed by atoms with Crippen LogP contribution in [-0.4, -0.2) is 56.2 Å². The maximum atomic E-state index is 12.5. The van der Waals surface area contributed by atoms with Crippen LogP contribution in [0.1, 0.15) is 20.7 Å². The van der Waals surface area contributed by atoms with Crippen molar-refractivity contribution in [2.75, 3.05) is 18.6 Å². The molecule has 3 rings (SSSR count). The Kier molecular flexibility index (Phi) is 4.52. The monoisotopic (exact) mass is 346 g/mol. The summed E-state index contributed by atoms with van der Waals surface area (Å²) in [4.78, 5) is 46.4. The largest absolute Gasteiger partial charge is 0.454 e. The summed E-state index contributed by atoms with van der Waals surface area (Å²) in [6.45, 7) is 0.153. The SMILES string of the molecule is CSCCN(C(=O)On1ccnc1)N1C(=O)c2ccccc2C1=O. The van der Waals surface area contributed by atoms with Gasteiger partial charge in [-0.05, 0) is 18.4 Å². The Morgan fingerprint density at radius 2 is 1.92 bits per heavy atom. The second kappa shape index (κ2) is 6.75. The van der Waals surface area contributed by atoms with Crippen LogP contribution in [0.2, 0.25) is 0 Å². The van der Waals surface area contributed by atoms with Crippen molar-refractivity contribution in [1.82, 2.24) is 19.7 Å². The number of imidazole rings is 1. The highest BCUT2D eigenvalue weighted by Crippen LogP contribution is 2.24. The number of hydrazine groups is 1. The fraction of sp³-hybridized carbons (Fsp3) is 0.200. The molecule has 8 nitrogen and oxygen atoms in total. The molecule has 0 saturated carbocycles. The van der Waals surface area contributed by atoms with Crippen LogP contribution >= 0.6 is 11.8 Å². The van der Waals surface area contributed by atoms with Crippen LogP contribution in [0, 0.1) is 0 Å². The predicted octanol–water partition coefficient (Wildman–Crippen LogP) is 1.31. The number of fused-ring (bicyclic) bond motifs is 1. The van der Waals surface area contributed by atoms with Crippen molar-refractivity contribution >= 4 is 29.7 Å². The zero-order valence-electron chi connectivity index (χ0n) is 12.8. The number of amides is 3. The Labute approximate surface area is 141 Å². The minimum atomic E-state index is -0.837. The summed E-state index contributed by atoms with van der Waals surface area (Å²) < 4.78 is 1.10. The lowest BCUT2D eigenvalue weighted by molar-refractivity contribution is -0.00194. The van der Waals surface area contributed by atoms with Crippen molar-refractivity contribution in [3.63, 3.8) is 0 Å². The zero-order chi connectivity index (χ0) is 17.1. The highest BCUT2D eigenvalue weighted by molar-refractivity contribution is 7.98. The Morgan fingerprint density at radius 3 is 2.46 bits per heavy atom. The van der Waals surface area contributed by atoms with Crippen molar-refractivity contribution in [3.05, 3.63) is 54.1 Å². The van der Waals surface area contributed by atoms with Crippen LogP contribution in [-0.2, 0) is 0 Å². The molecule has 2 heterocycles. The summed E-state index contributed by atoms with van der Waals surface area (Å²) in [5, 5.41) is 1.85. The van der Waals surface area contributed by atoms with Gasteiger partial charge in [0.2, 0.25) is 0 Å². The van der Waals surface area contributed by atoms with E-state index in [4.69, 9.17) is 4.84 Å². The molecule has 0 saturated heterocycles. The van der Waals surface area contributed by atoms with E-state index in [0.29, 0.717) is 5.75 Å². The molecule has 0 fully saturated rings. The Balaban J connectivity index is 1.88. The first-order valence-electron chi connectivity index (χ1n) is 7.08. The van der Waals surface area contributed by atoms with Gasteiger partial charge < -0.3 is 4.84 Å². The number of thioether (sulfide) groups is 1. The number of carbonyl (C=O) groups is 3. The minimum absolute atomic E-state index is 0.153. The van der Waals surface area contributed by atoms with Crippen LogP contribution in [0.15, 0.2) is 43.0 Å². The topological polar surface area (TPSA) is 84.7 Å². The van der Waals surface area contributed by atoms with E-state index in [1.807, 2.05) is 6.26 Å². The molecular weight excluding hydrogens is 332 g/mol. The van der Waals surface area contributed by atoms with Gasteiger partial charge in [0, 0.05) is 11.9 Å². The van der Waals surface area contributed by atoms with Crippen LogP contribution in [0.3, 0.4) is 0 Å². The second-order valence-electron chi connectivity index (χ2n) is 4.86. The van der Waals surface area contributed by atoms with Gasteiger partial charge in [0.05, 0.1) is 23.9 Å². The van der Waals surface area contributed by atoms with Crippen LogP contribution < -0.4 is 4.84 Å². The summed E-state index contributed by atoms with van der Waals surface area (Å²) in [6, 6.07) is 6.46. The molecule has 0 unspecified atom stereocenters. The van der Waals surface area contributed by atoms with Crippen molar-refractivity contribution < 1.29 is 19.2 Å². The zero-order valence-corrected chi connectivity index (χ0v) is 13.6. The van der Waals surface area contributed by atoms with Crippen molar-refractivity contribution in [1.29, 1.82) is 0 Å². The van der Waals surface area contributed by atoms with E-state index in [1.54, 1.807) is 24.3 Å². The summed E-state index contributed by atoms with van der Waals surface area (Å²) >= 11 is 1.48. The average Bonchev–Trinajstić information content (AvgIpc) is 3.18. The third-order valence-corrected chi connectivity index (χ3v) is 3.99. The second-order valence-corrected chi connectivity index (χ2v) is 5.85. The fourth-order valence-electron chi connectivity index (χ4n) is 2.28. The first-order chi connectivity index (χ1) is 11.6. The predicted molar refractivity (Wildman–Crippen MR) is 86.2 cm³/mol. The van der Waals surface area contributed by atoms with Crippen LogP contribution in [0.5, 0.6) is 0 Å². The number of hydrogen-bond donors (Lipinski definition) is 0. The molecule has 1 aliphatic rings. The molecule has 9 heteroatoms. The van der Waals surface area contributed by atoms with E-state index in [9.17, 15) is 14.4 Å². The number of benzene rings is 1. The Bertz CT molecular complexity index is 743. The fourth-order valence-corrected chi connectivity index (χ4v) is 2.64. The summed E-state index contributed by atoms with van der Waals surface area (Å²) in [7, 11) is 0. The third-order valence-electron chi connectivity index (χ3n) is 3.40. The molecule has 2 aromatic rings. The smallest absolute Gasteiger partial charge is 0.315 e. The number of aromatic nitrogens is 2. The molecule has 0 radical (unpaired) electrons. The quantitative estimate of drug-likeness (QED) is 0.759. The molecule has 0 spiro atoms. The van der Waals surface area contributed by atoms with Crippen LogP contribution in [0.25, 0.3) is 0 Å². The van der Waals surface area contributed by atoms with Gasteiger partial charge in [-0.3, -0.25) is 9.59 Å². The van der Waals surface area contributed by atoms with Gasteiger partial charge in [-0.15, -0.1) is 0 Å². The number of imide groups is 1. The molecule has 0 atom stereocenters. The average molecular weight is 346 g/mol. The van der Waals surface area contributed by atoms with Crippen molar-refractivity contribution in [3.8, 4) is 0 Å². The van der Waals surface area contributed by atoms with Gasteiger partial charge in [-0.1, -0.05) is 12.1 Å². The van der Waals surface area contributed by atoms with Crippen molar-refractivity contribution in [2.45, 2.75) is 0 Å². The van der Waals surface area contributed by atoms with Gasteiger partial charge in [-0.25, -0.2) is 14.8 Å². The molecule has 1 aromatic carbocycles. The molecule has 24 heavy (non-hydrogen) atoms. The number of rotatable bonds is 5. The van der Waals surface area contributed by atoms with Gasteiger partial charge in [0.25, 0.3) is 11.8 Å². The van der Waals surface area contributed by atoms with E-state index in [2.05, 4.69) is 4.98 Å². The van der Waals surface area contributed by atoms with Gasteiger partial charge in [0.15, 0.2) is 0 Å². The van der Waals surface area contributed by atoms with E-state index >= 15 is 0 Å². The molecule has 1 aliphatic heterocycles. The Hall–Kier alpha value is -2.81. The highest BCUT2D eigenvalue weighted by atomic mass is 32.2. The molecule has 124 valence electrons. The van der Waals surface area contributed by atoms with E-state index < -0.39 is 17.9 Å². The summed E-state index contributed by atoms with van der Waals surface area (Å²) in [5.41, 5.74) is 0.541. The highest BCUT2D eigenvalue weighted by Gasteiger charge is 2.41. The summed E-state index contributed by atoms with van der Waals surface area (Å²) in [6.07, 6.45) is 5.21.